The molecule has 0 aliphatic heterocycles. The molecule has 0 atom stereocenters. The van der Waals surface area contributed by atoms with Crippen LogP contribution >= 0.6 is 23.1 Å². The maximum Gasteiger partial charge on any atom is 0.348 e. The second kappa shape index (κ2) is 9.00. The van der Waals surface area contributed by atoms with Crippen molar-refractivity contribution in [2.24, 2.45) is 0 Å². The van der Waals surface area contributed by atoms with Crippen molar-refractivity contribution in [3.63, 3.8) is 0 Å². The largest absolute Gasteiger partial charge is 0.465 e. The Balaban J connectivity index is 2.18. The molecule has 9 nitrogen and oxygen atoms in total. The number of thioether (sulfide) groups is 1. The van der Waals surface area contributed by atoms with Crippen LogP contribution in [0.3, 0.4) is 0 Å². The number of rotatable bonds is 7. The molecule has 11 heteroatoms. The Bertz CT molecular complexity index is 875. The Morgan fingerprint density at radius 3 is 2.41 bits per heavy atom. The quantitative estimate of drug-likeness (QED) is 0.544. The maximum absolute atomic E-state index is 12.4. The number of anilines is 1. The molecular formula is C16H20N4O5S2. The van der Waals surface area contributed by atoms with Crippen molar-refractivity contribution in [3.05, 3.63) is 21.8 Å². The van der Waals surface area contributed by atoms with Gasteiger partial charge in [-0.25, -0.2) is 9.59 Å². The molecule has 27 heavy (non-hydrogen) atoms. The van der Waals surface area contributed by atoms with E-state index in [1.165, 1.54) is 26.0 Å². The summed E-state index contributed by atoms with van der Waals surface area (Å²) in [6.07, 6.45) is 0. The highest BCUT2D eigenvalue weighted by atomic mass is 32.2. The SMILES string of the molecule is CCn1c(C)nnc1SCC(=O)Nc1sc(C(=O)OC)c(C)c1C(=O)OC. The first-order valence-electron chi connectivity index (χ1n) is 7.96. The molecule has 146 valence electrons. The lowest BCUT2D eigenvalue weighted by Crippen LogP contribution is -2.16. The minimum absolute atomic E-state index is 0.0727. The van der Waals surface area contributed by atoms with Gasteiger partial charge in [-0.1, -0.05) is 11.8 Å². The first-order valence-corrected chi connectivity index (χ1v) is 9.76. The van der Waals surface area contributed by atoms with Crippen LogP contribution in [0.15, 0.2) is 5.16 Å². The lowest BCUT2D eigenvalue weighted by Gasteiger charge is -2.07. The Morgan fingerprint density at radius 2 is 1.81 bits per heavy atom. The van der Waals surface area contributed by atoms with Gasteiger partial charge < -0.3 is 19.4 Å². The van der Waals surface area contributed by atoms with Gasteiger partial charge in [-0.05, 0) is 26.3 Å². The van der Waals surface area contributed by atoms with Gasteiger partial charge in [-0.2, -0.15) is 0 Å². The molecule has 2 aromatic heterocycles. The maximum atomic E-state index is 12.4. The van der Waals surface area contributed by atoms with Gasteiger partial charge in [-0.15, -0.1) is 21.5 Å². The molecule has 0 radical (unpaired) electrons. The highest BCUT2D eigenvalue weighted by molar-refractivity contribution is 7.99. The molecule has 0 saturated carbocycles. The smallest absolute Gasteiger partial charge is 0.348 e. The van der Waals surface area contributed by atoms with Crippen molar-refractivity contribution in [1.82, 2.24) is 14.8 Å². The summed E-state index contributed by atoms with van der Waals surface area (Å²) in [5.41, 5.74) is 0.553. The Morgan fingerprint density at radius 1 is 1.15 bits per heavy atom. The van der Waals surface area contributed by atoms with Gasteiger partial charge >= 0.3 is 11.9 Å². The van der Waals surface area contributed by atoms with Crippen LogP contribution < -0.4 is 5.32 Å². The number of carbonyl (C=O) groups excluding carboxylic acids is 3. The third-order valence-electron chi connectivity index (χ3n) is 3.71. The number of aromatic nitrogens is 3. The number of amides is 1. The van der Waals surface area contributed by atoms with E-state index in [0.717, 1.165) is 17.2 Å². The number of hydrogen-bond donors (Lipinski definition) is 1. The van der Waals surface area contributed by atoms with Gasteiger partial charge in [0.1, 0.15) is 15.7 Å². The summed E-state index contributed by atoms with van der Waals surface area (Å²) in [6.45, 7) is 6.10. The number of hydrogen-bond acceptors (Lipinski definition) is 9. The number of nitrogens with one attached hydrogen (secondary N) is 1. The van der Waals surface area contributed by atoms with Gasteiger partial charge in [0.2, 0.25) is 5.91 Å². The van der Waals surface area contributed by atoms with Gasteiger partial charge in [0.05, 0.1) is 25.5 Å². The monoisotopic (exact) mass is 412 g/mol. The average Bonchev–Trinajstić information content (AvgIpc) is 3.17. The summed E-state index contributed by atoms with van der Waals surface area (Å²) in [4.78, 5) is 36.6. The highest BCUT2D eigenvalue weighted by Crippen LogP contribution is 2.34. The normalized spacial score (nSPS) is 10.6. The standard InChI is InChI=1S/C16H20N4O5S2/c1-6-20-9(3)18-19-16(20)26-7-10(21)17-13-11(14(22)24-4)8(2)12(27-13)15(23)25-5/h6-7H2,1-5H3,(H,17,21). The fourth-order valence-corrected chi connectivity index (χ4v) is 4.34. The molecule has 1 amide bonds. The zero-order chi connectivity index (χ0) is 20.1. The fraction of sp³-hybridized carbons (Fsp3) is 0.438. The summed E-state index contributed by atoms with van der Waals surface area (Å²) < 4.78 is 11.4. The van der Waals surface area contributed by atoms with Gasteiger partial charge in [-0.3, -0.25) is 4.79 Å². The van der Waals surface area contributed by atoms with Crippen LogP contribution in [-0.2, 0) is 20.8 Å². The van der Waals surface area contributed by atoms with E-state index in [2.05, 4.69) is 15.5 Å². The first-order chi connectivity index (χ1) is 12.8. The fourth-order valence-electron chi connectivity index (χ4n) is 2.36. The molecule has 0 saturated heterocycles. The minimum atomic E-state index is -0.636. The predicted octanol–water partition coefficient (Wildman–Crippen LogP) is 2.28. The molecule has 0 aromatic carbocycles. The van der Waals surface area contributed by atoms with E-state index >= 15 is 0 Å². The third-order valence-corrected chi connectivity index (χ3v) is 5.86. The molecule has 2 heterocycles. The third kappa shape index (κ3) is 4.48. The summed E-state index contributed by atoms with van der Waals surface area (Å²) in [7, 11) is 2.48. The van der Waals surface area contributed by atoms with E-state index in [0.29, 0.717) is 17.3 Å². The van der Waals surface area contributed by atoms with E-state index in [4.69, 9.17) is 9.47 Å². The van der Waals surface area contributed by atoms with Crippen molar-refractivity contribution in [2.45, 2.75) is 32.5 Å². The second-order valence-corrected chi connectivity index (χ2v) is 7.32. The van der Waals surface area contributed by atoms with Crippen molar-refractivity contribution in [3.8, 4) is 0 Å². The van der Waals surface area contributed by atoms with Crippen molar-refractivity contribution < 1.29 is 23.9 Å². The average molecular weight is 412 g/mol. The zero-order valence-electron chi connectivity index (χ0n) is 15.6. The molecule has 0 unspecified atom stereocenters. The van der Waals surface area contributed by atoms with Crippen LogP contribution in [0.5, 0.6) is 0 Å². The van der Waals surface area contributed by atoms with Crippen LogP contribution in [0.4, 0.5) is 5.00 Å². The number of ether oxygens (including phenoxy) is 2. The van der Waals surface area contributed by atoms with Gasteiger partial charge in [0, 0.05) is 6.54 Å². The van der Waals surface area contributed by atoms with Crippen LogP contribution in [0.25, 0.3) is 0 Å². The topological polar surface area (TPSA) is 112 Å². The number of carbonyl (C=O) groups is 3. The molecule has 1 N–H and O–H groups in total. The van der Waals surface area contributed by atoms with Crippen molar-refractivity contribution in [1.29, 1.82) is 0 Å². The van der Waals surface area contributed by atoms with E-state index in [9.17, 15) is 14.4 Å². The Hall–Kier alpha value is -2.40. The molecule has 2 aromatic rings. The van der Waals surface area contributed by atoms with Crippen LogP contribution in [0.2, 0.25) is 0 Å². The molecular weight excluding hydrogens is 392 g/mol. The number of nitrogens with zero attached hydrogens (tertiary/aromatic N) is 3. The number of esters is 2. The zero-order valence-corrected chi connectivity index (χ0v) is 17.2. The number of methoxy groups -OCH3 is 2. The van der Waals surface area contributed by atoms with Crippen LogP contribution in [0, 0.1) is 13.8 Å². The molecule has 0 aliphatic carbocycles. The summed E-state index contributed by atoms with van der Waals surface area (Å²) >= 11 is 2.21. The van der Waals surface area contributed by atoms with Crippen LogP contribution in [0.1, 0.15) is 38.3 Å². The molecule has 0 bridgehead atoms. The first kappa shape index (κ1) is 20.9. The summed E-state index contributed by atoms with van der Waals surface area (Å²) in [5, 5.41) is 11.6. The van der Waals surface area contributed by atoms with Gasteiger partial charge in [0.15, 0.2) is 5.16 Å². The lowest BCUT2D eigenvalue weighted by atomic mass is 10.1. The molecule has 2 rings (SSSR count). The van der Waals surface area contributed by atoms with Crippen molar-refractivity contribution >= 4 is 45.9 Å². The molecule has 0 fully saturated rings. The van der Waals surface area contributed by atoms with Crippen molar-refractivity contribution in [2.75, 3.05) is 25.3 Å². The molecule has 0 aliphatic rings. The second-order valence-electron chi connectivity index (χ2n) is 5.35. The van der Waals surface area contributed by atoms with E-state index in [-0.39, 0.29) is 27.1 Å². The molecule has 0 spiro atoms. The van der Waals surface area contributed by atoms with E-state index in [1.54, 1.807) is 6.92 Å². The summed E-state index contributed by atoms with van der Waals surface area (Å²) in [5.74, 6) is -0.716. The Kier molecular flexibility index (Phi) is 6.97. The van der Waals surface area contributed by atoms with E-state index < -0.39 is 11.9 Å². The summed E-state index contributed by atoms with van der Waals surface area (Å²) in [6, 6.07) is 0. The predicted molar refractivity (Wildman–Crippen MR) is 102 cm³/mol. The van der Waals surface area contributed by atoms with E-state index in [1.807, 2.05) is 18.4 Å². The number of thiophene rings is 1. The van der Waals surface area contributed by atoms with Crippen LogP contribution in [-0.4, -0.2) is 52.6 Å². The highest BCUT2D eigenvalue weighted by Gasteiger charge is 2.26. The van der Waals surface area contributed by atoms with Gasteiger partial charge in [0.25, 0.3) is 0 Å². The Labute approximate surface area is 164 Å². The number of aryl methyl sites for hydroxylation is 1. The lowest BCUT2D eigenvalue weighted by molar-refractivity contribution is -0.113. The minimum Gasteiger partial charge on any atom is -0.465 e.